The van der Waals surface area contributed by atoms with Crippen molar-refractivity contribution in [3.63, 3.8) is 0 Å². The molecule has 0 saturated heterocycles. The molecule has 0 heterocycles. The summed E-state index contributed by atoms with van der Waals surface area (Å²) in [5.41, 5.74) is 7.88. The molecule has 0 amide bonds. The Morgan fingerprint density at radius 3 is 2.00 bits per heavy atom. The monoisotopic (exact) mass is 244 g/mol. The molecule has 0 aliphatic carbocycles. The van der Waals surface area contributed by atoms with Gasteiger partial charge < -0.3 is 0 Å². The molecule has 0 unspecified atom stereocenters. The molecule has 1 heteroatoms. The summed E-state index contributed by atoms with van der Waals surface area (Å²) in [6.07, 6.45) is 0. The van der Waals surface area contributed by atoms with Gasteiger partial charge in [-0.1, -0.05) is 29.8 Å². The molecule has 0 aromatic heterocycles. The third-order valence-electron chi connectivity index (χ3n) is 3.54. The fourth-order valence-electron chi connectivity index (χ4n) is 2.18. The standard InChI is InChI=1S/C16H17Cl/c1-10-5-7-16(13(4)12(10)3)15-8-6-14(17)9-11(15)2/h5-9H,1-4H3. The molecule has 0 fully saturated rings. The van der Waals surface area contributed by atoms with Crippen molar-refractivity contribution in [1.29, 1.82) is 0 Å². The van der Waals surface area contributed by atoms with E-state index >= 15 is 0 Å². The van der Waals surface area contributed by atoms with Crippen LogP contribution in [0.25, 0.3) is 11.1 Å². The SMILES string of the molecule is Cc1cc(Cl)ccc1-c1ccc(C)c(C)c1C. The second kappa shape index (κ2) is 4.54. The summed E-state index contributed by atoms with van der Waals surface area (Å²) in [5.74, 6) is 0. The molecule has 0 atom stereocenters. The number of halogens is 1. The van der Waals surface area contributed by atoms with Crippen LogP contribution in [0.4, 0.5) is 0 Å². The van der Waals surface area contributed by atoms with E-state index in [0.717, 1.165) is 5.02 Å². The summed E-state index contributed by atoms with van der Waals surface area (Å²) in [5, 5.41) is 0.799. The van der Waals surface area contributed by atoms with Gasteiger partial charge in [-0.05, 0) is 73.2 Å². The minimum Gasteiger partial charge on any atom is -0.0843 e. The molecule has 0 saturated carbocycles. The number of rotatable bonds is 1. The Morgan fingerprint density at radius 2 is 1.35 bits per heavy atom. The van der Waals surface area contributed by atoms with Crippen molar-refractivity contribution < 1.29 is 0 Å². The van der Waals surface area contributed by atoms with Gasteiger partial charge in [0, 0.05) is 5.02 Å². The smallest absolute Gasteiger partial charge is 0.0409 e. The average molecular weight is 245 g/mol. The molecule has 0 aliphatic rings. The van der Waals surface area contributed by atoms with Gasteiger partial charge in [-0.3, -0.25) is 0 Å². The largest absolute Gasteiger partial charge is 0.0843 e. The molecule has 0 spiro atoms. The van der Waals surface area contributed by atoms with Crippen molar-refractivity contribution in [3.8, 4) is 11.1 Å². The average Bonchev–Trinajstić information content (AvgIpc) is 2.28. The summed E-state index contributed by atoms with van der Waals surface area (Å²) >= 11 is 6.00. The number of hydrogen-bond acceptors (Lipinski definition) is 0. The molecule has 0 N–H and O–H groups in total. The molecular weight excluding hydrogens is 228 g/mol. The Balaban J connectivity index is 2.65. The maximum Gasteiger partial charge on any atom is 0.0409 e. The van der Waals surface area contributed by atoms with Gasteiger partial charge in [0.05, 0.1) is 0 Å². The van der Waals surface area contributed by atoms with Gasteiger partial charge in [-0.15, -0.1) is 0 Å². The lowest BCUT2D eigenvalue weighted by Gasteiger charge is -2.13. The molecule has 2 aromatic rings. The minimum atomic E-state index is 0.799. The van der Waals surface area contributed by atoms with Crippen molar-refractivity contribution in [2.24, 2.45) is 0 Å². The predicted octanol–water partition coefficient (Wildman–Crippen LogP) is 5.24. The lowest BCUT2D eigenvalue weighted by atomic mass is 9.92. The van der Waals surface area contributed by atoms with Crippen molar-refractivity contribution in [2.75, 3.05) is 0 Å². The predicted molar refractivity (Wildman–Crippen MR) is 75.8 cm³/mol. The van der Waals surface area contributed by atoms with Gasteiger partial charge in [-0.2, -0.15) is 0 Å². The van der Waals surface area contributed by atoms with Crippen LogP contribution in [0.15, 0.2) is 30.3 Å². The van der Waals surface area contributed by atoms with Crippen LogP contribution in [-0.4, -0.2) is 0 Å². The maximum atomic E-state index is 6.00. The van der Waals surface area contributed by atoms with Crippen LogP contribution in [0.1, 0.15) is 22.3 Å². The highest BCUT2D eigenvalue weighted by Gasteiger charge is 2.08. The van der Waals surface area contributed by atoms with E-state index in [1.165, 1.54) is 33.4 Å². The Morgan fingerprint density at radius 1 is 0.706 bits per heavy atom. The minimum absolute atomic E-state index is 0.799. The van der Waals surface area contributed by atoms with E-state index in [1.807, 2.05) is 12.1 Å². The van der Waals surface area contributed by atoms with Crippen molar-refractivity contribution in [1.82, 2.24) is 0 Å². The van der Waals surface area contributed by atoms with Gasteiger partial charge >= 0.3 is 0 Å². The maximum absolute atomic E-state index is 6.00. The van der Waals surface area contributed by atoms with Crippen LogP contribution in [-0.2, 0) is 0 Å². The molecule has 2 rings (SSSR count). The Hall–Kier alpha value is -1.27. The van der Waals surface area contributed by atoms with Crippen LogP contribution in [0.2, 0.25) is 5.02 Å². The highest BCUT2D eigenvalue weighted by molar-refractivity contribution is 6.30. The van der Waals surface area contributed by atoms with E-state index in [-0.39, 0.29) is 0 Å². The summed E-state index contributed by atoms with van der Waals surface area (Å²) in [4.78, 5) is 0. The van der Waals surface area contributed by atoms with Crippen molar-refractivity contribution in [3.05, 3.63) is 57.6 Å². The highest BCUT2D eigenvalue weighted by Crippen LogP contribution is 2.31. The van der Waals surface area contributed by atoms with Gasteiger partial charge in [0.15, 0.2) is 0 Å². The van der Waals surface area contributed by atoms with Crippen LogP contribution >= 0.6 is 11.6 Å². The second-order valence-corrected chi connectivity index (χ2v) is 5.08. The number of hydrogen-bond donors (Lipinski definition) is 0. The Labute approximate surface area is 108 Å². The first-order valence-electron chi connectivity index (χ1n) is 5.84. The third-order valence-corrected chi connectivity index (χ3v) is 3.77. The quantitative estimate of drug-likeness (QED) is 0.644. The summed E-state index contributed by atoms with van der Waals surface area (Å²) < 4.78 is 0. The first-order chi connectivity index (χ1) is 8.00. The van der Waals surface area contributed by atoms with Crippen molar-refractivity contribution >= 4 is 11.6 Å². The van der Waals surface area contributed by atoms with Crippen LogP contribution < -0.4 is 0 Å². The summed E-state index contributed by atoms with van der Waals surface area (Å²) in [6, 6.07) is 10.5. The molecule has 0 bridgehead atoms. The van der Waals surface area contributed by atoms with Gasteiger partial charge in [-0.25, -0.2) is 0 Å². The summed E-state index contributed by atoms with van der Waals surface area (Å²) in [6.45, 7) is 8.63. The van der Waals surface area contributed by atoms with Crippen molar-refractivity contribution in [2.45, 2.75) is 27.7 Å². The van der Waals surface area contributed by atoms with Gasteiger partial charge in [0.25, 0.3) is 0 Å². The fourth-order valence-corrected chi connectivity index (χ4v) is 2.40. The zero-order valence-corrected chi connectivity index (χ0v) is 11.5. The number of aryl methyl sites for hydroxylation is 2. The van der Waals surface area contributed by atoms with Crippen LogP contribution in [0, 0.1) is 27.7 Å². The van der Waals surface area contributed by atoms with E-state index in [0.29, 0.717) is 0 Å². The second-order valence-electron chi connectivity index (χ2n) is 4.64. The fraction of sp³-hybridized carbons (Fsp3) is 0.250. The summed E-state index contributed by atoms with van der Waals surface area (Å²) in [7, 11) is 0. The van der Waals surface area contributed by atoms with Gasteiger partial charge in [0.1, 0.15) is 0 Å². The van der Waals surface area contributed by atoms with Gasteiger partial charge in [0.2, 0.25) is 0 Å². The van der Waals surface area contributed by atoms with E-state index < -0.39 is 0 Å². The van der Waals surface area contributed by atoms with Crippen LogP contribution in [0.5, 0.6) is 0 Å². The lowest BCUT2D eigenvalue weighted by Crippen LogP contribution is -1.92. The van der Waals surface area contributed by atoms with E-state index in [4.69, 9.17) is 11.6 Å². The molecule has 0 aliphatic heterocycles. The molecular formula is C16H17Cl. The molecule has 88 valence electrons. The normalized spacial score (nSPS) is 10.6. The zero-order chi connectivity index (χ0) is 12.6. The van der Waals surface area contributed by atoms with Crippen LogP contribution in [0.3, 0.4) is 0 Å². The molecule has 0 radical (unpaired) electrons. The van der Waals surface area contributed by atoms with E-state index in [2.05, 4.69) is 45.9 Å². The molecule has 0 nitrogen and oxygen atoms in total. The zero-order valence-electron chi connectivity index (χ0n) is 10.8. The first-order valence-corrected chi connectivity index (χ1v) is 6.22. The third kappa shape index (κ3) is 2.23. The van der Waals surface area contributed by atoms with E-state index in [1.54, 1.807) is 0 Å². The molecule has 2 aromatic carbocycles. The van der Waals surface area contributed by atoms with E-state index in [9.17, 15) is 0 Å². The molecule has 17 heavy (non-hydrogen) atoms. The highest BCUT2D eigenvalue weighted by atomic mass is 35.5. The topological polar surface area (TPSA) is 0 Å². The first kappa shape index (κ1) is 12.2. The Bertz CT molecular complexity index is 568. The number of benzene rings is 2. The Kier molecular flexibility index (Phi) is 3.26. The lowest BCUT2D eigenvalue weighted by molar-refractivity contribution is 1.26.